The number of rotatable bonds is 4. The molecule has 0 aliphatic rings. The van der Waals surface area contributed by atoms with Crippen molar-refractivity contribution in [2.45, 2.75) is 6.92 Å². The molecule has 72 valence electrons. The zero-order chi connectivity index (χ0) is 10.4. The number of benzene rings is 1. The summed E-state index contributed by atoms with van der Waals surface area (Å²) in [6, 6.07) is 7.07. The maximum absolute atomic E-state index is 8.31. The minimum absolute atomic E-state index is 0.429. The smallest absolute Gasteiger partial charge is 0.129 e. The molecular formula is C10H11N3O. The van der Waals surface area contributed by atoms with Gasteiger partial charge in [-0.1, -0.05) is 23.8 Å². The van der Waals surface area contributed by atoms with Crippen LogP contribution < -0.4 is 4.74 Å². The first-order valence-corrected chi connectivity index (χ1v) is 4.15. The first-order valence-electron chi connectivity index (χ1n) is 4.15. The van der Waals surface area contributed by atoms with E-state index >= 15 is 0 Å². The summed E-state index contributed by atoms with van der Waals surface area (Å²) in [7, 11) is 0. The van der Waals surface area contributed by atoms with Crippen molar-refractivity contribution >= 4 is 5.69 Å². The molecule has 0 aliphatic carbocycles. The second-order valence-corrected chi connectivity index (χ2v) is 2.90. The third kappa shape index (κ3) is 2.84. The number of azide groups is 1. The van der Waals surface area contributed by atoms with Crippen LogP contribution in [-0.4, -0.2) is 6.61 Å². The van der Waals surface area contributed by atoms with E-state index in [-0.39, 0.29) is 0 Å². The van der Waals surface area contributed by atoms with Crippen LogP contribution in [-0.2, 0) is 0 Å². The fourth-order valence-electron chi connectivity index (χ4n) is 0.911. The molecule has 14 heavy (non-hydrogen) atoms. The highest BCUT2D eigenvalue weighted by molar-refractivity contribution is 5.51. The standard InChI is InChI=1S/C10H11N3O/c1-8(2)7-14-10-6-4-3-5-9(10)12-13-11/h3-6H,1,7H2,2H3. The van der Waals surface area contributed by atoms with Crippen LogP contribution in [0.4, 0.5) is 5.69 Å². The van der Waals surface area contributed by atoms with Crippen molar-refractivity contribution in [3.8, 4) is 5.75 Å². The van der Waals surface area contributed by atoms with Gasteiger partial charge in [-0.2, -0.15) is 0 Å². The summed E-state index contributed by atoms with van der Waals surface area (Å²) in [6.07, 6.45) is 0. The summed E-state index contributed by atoms with van der Waals surface area (Å²) in [4.78, 5) is 2.72. The van der Waals surface area contributed by atoms with Crippen molar-refractivity contribution < 1.29 is 4.74 Å². The van der Waals surface area contributed by atoms with Gasteiger partial charge < -0.3 is 4.74 Å². The molecule has 1 rings (SSSR count). The Kier molecular flexibility index (Phi) is 3.58. The Bertz CT molecular complexity index is 381. The number of hydrogen-bond acceptors (Lipinski definition) is 2. The number of para-hydroxylation sites is 1. The van der Waals surface area contributed by atoms with Gasteiger partial charge in [0.15, 0.2) is 0 Å². The fraction of sp³-hybridized carbons (Fsp3) is 0.200. The van der Waals surface area contributed by atoms with Crippen molar-refractivity contribution in [1.82, 2.24) is 0 Å². The van der Waals surface area contributed by atoms with Crippen molar-refractivity contribution in [2.24, 2.45) is 5.11 Å². The van der Waals surface area contributed by atoms with Crippen molar-refractivity contribution in [3.63, 3.8) is 0 Å². The van der Waals surface area contributed by atoms with Crippen molar-refractivity contribution in [2.75, 3.05) is 6.61 Å². The molecule has 0 amide bonds. The van der Waals surface area contributed by atoms with Gasteiger partial charge in [0, 0.05) is 4.91 Å². The summed E-state index contributed by atoms with van der Waals surface area (Å²) in [5.74, 6) is 0.577. The minimum atomic E-state index is 0.429. The molecule has 0 N–H and O–H groups in total. The van der Waals surface area contributed by atoms with E-state index in [1.165, 1.54) is 0 Å². The molecule has 0 saturated carbocycles. The first-order chi connectivity index (χ1) is 6.74. The van der Waals surface area contributed by atoms with Gasteiger partial charge in [-0.15, -0.1) is 0 Å². The van der Waals surface area contributed by atoms with E-state index < -0.39 is 0 Å². The molecule has 1 aromatic carbocycles. The molecule has 0 heterocycles. The van der Waals surface area contributed by atoms with Gasteiger partial charge >= 0.3 is 0 Å². The van der Waals surface area contributed by atoms with Gasteiger partial charge in [0.25, 0.3) is 0 Å². The topological polar surface area (TPSA) is 58.0 Å². The normalized spacial score (nSPS) is 8.93. The van der Waals surface area contributed by atoms with Crippen LogP contribution in [0.2, 0.25) is 0 Å². The monoisotopic (exact) mass is 189 g/mol. The van der Waals surface area contributed by atoms with Crippen LogP contribution in [0, 0.1) is 0 Å². The molecule has 0 radical (unpaired) electrons. The minimum Gasteiger partial charge on any atom is -0.489 e. The van der Waals surface area contributed by atoms with Crippen LogP contribution >= 0.6 is 0 Å². The van der Waals surface area contributed by atoms with E-state index in [4.69, 9.17) is 10.3 Å². The number of nitrogens with zero attached hydrogens (tertiary/aromatic N) is 3. The van der Waals surface area contributed by atoms with Crippen LogP contribution in [0.15, 0.2) is 41.5 Å². The lowest BCUT2D eigenvalue weighted by molar-refractivity contribution is 0.354. The second kappa shape index (κ2) is 4.94. The Hall–Kier alpha value is -1.93. The molecule has 0 spiro atoms. The Balaban J connectivity index is 2.84. The molecule has 0 saturated heterocycles. The predicted molar refractivity (Wildman–Crippen MR) is 55.6 cm³/mol. The van der Waals surface area contributed by atoms with Crippen LogP contribution in [0.1, 0.15) is 6.92 Å². The summed E-state index contributed by atoms with van der Waals surface area (Å²) in [6.45, 7) is 6.02. The average Bonchev–Trinajstić information content (AvgIpc) is 2.17. The van der Waals surface area contributed by atoms with Gasteiger partial charge in [-0.25, -0.2) is 0 Å². The SMILES string of the molecule is C=C(C)COc1ccccc1N=[N+]=[N-]. The van der Waals surface area contributed by atoms with E-state index in [0.29, 0.717) is 18.0 Å². The molecule has 4 nitrogen and oxygen atoms in total. The highest BCUT2D eigenvalue weighted by Crippen LogP contribution is 2.26. The molecule has 0 aliphatic heterocycles. The molecule has 0 atom stereocenters. The lowest BCUT2D eigenvalue weighted by atomic mass is 10.3. The van der Waals surface area contributed by atoms with E-state index in [9.17, 15) is 0 Å². The highest BCUT2D eigenvalue weighted by Gasteiger charge is 1.99. The molecule has 1 aromatic rings. The molecule has 0 unspecified atom stereocenters. The van der Waals surface area contributed by atoms with Crippen LogP contribution in [0.5, 0.6) is 5.75 Å². The van der Waals surface area contributed by atoms with Gasteiger partial charge in [-0.05, 0) is 30.2 Å². The zero-order valence-corrected chi connectivity index (χ0v) is 7.97. The van der Waals surface area contributed by atoms with Crippen LogP contribution in [0.25, 0.3) is 10.4 Å². The van der Waals surface area contributed by atoms with Crippen molar-refractivity contribution in [1.29, 1.82) is 0 Å². The Morgan fingerprint density at radius 2 is 2.29 bits per heavy atom. The summed E-state index contributed by atoms with van der Waals surface area (Å²) < 4.78 is 5.39. The lowest BCUT2D eigenvalue weighted by Gasteiger charge is -2.07. The quantitative estimate of drug-likeness (QED) is 0.309. The summed E-state index contributed by atoms with van der Waals surface area (Å²) >= 11 is 0. The van der Waals surface area contributed by atoms with Gasteiger partial charge in [0.1, 0.15) is 12.4 Å². The lowest BCUT2D eigenvalue weighted by Crippen LogP contribution is -1.97. The number of ether oxygens (including phenoxy) is 1. The van der Waals surface area contributed by atoms with E-state index in [1.807, 2.05) is 13.0 Å². The molecule has 0 aromatic heterocycles. The largest absolute Gasteiger partial charge is 0.489 e. The Morgan fingerprint density at radius 3 is 2.93 bits per heavy atom. The first kappa shape index (κ1) is 10.2. The number of hydrogen-bond donors (Lipinski definition) is 0. The predicted octanol–water partition coefficient (Wildman–Crippen LogP) is 3.58. The zero-order valence-electron chi connectivity index (χ0n) is 7.97. The van der Waals surface area contributed by atoms with Crippen LogP contribution in [0.3, 0.4) is 0 Å². The maximum atomic E-state index is 8.31. The van der Waals surface area contributed by atoms with Gasteiger partial charge in [-0.3, -0.25) is 0 Å². The average molecular weight is 189 g/mol. The van der Waals surface area contributed by atoms with Crippen molar-refractivity contribution in [3.05, 3.63) is 46.9 Å². The van der Waals surface area contributed by atoms with E-state index in [2.05, 4.69) is 16.6 Å². The third-order valence-electron chi connectivity index (χ3n) is 1.49. The van der Waals surface area contributed by atoms with E-state index in [1.54, 1.807) is 18.2 Å². The molecule has 4 heteroatoms. The Labute approximate surface area is 82.4 Å². The maximum Gasteiger partial charge on any atom is 0.129 e. The summed E-state index contributed by atoms with van der Waals surface area (Å²) in [5.41, 5.74) is 9.72. The van der Waals surface area contributed by atoms with Gasteiger partial charge in [0.2, 0.25) is 0 Å². The van der Waals surface area contributed by atoms with E-state index in [0.717, 1.165) is 5.57 Å². The van der Waals surface area contributed by atoms with Gasteiger partial charge in [0.05, 0.1) is 5.69 Å². The molecule has 0 fully saturated rings. The third-order valence-corrected chi connectivity index (χ3v) is 1.49. The molecular weight excluding hydrogens is 178 g/mol. The highest BCUT2D eigenvalue weighted by atomic mass is 16.5. The Morgan fingerprint density at radius 1 is 1.57 bits per heavy atom. The second-order valence-electron chi connectivity index (χ2n) is 2.90. The molecule has 0 bridgehead atoms. The summed E-state index contributed by atoms with van der Waals surface area (Å²) in [5, 5.41) is 3.51. The fourth-order valence-corrected chi connectivity index (χ4v) is 0.911.